The number of carbonyl (C=O) groups excluding carboxylic acids is 1. The number of aromatic nitrogens is 6. The molecule has 2 aromatic heterocycles. The first-order chi connectivity index (χ1) is 17.5. The third-order valence-corrected chi connectivity index (χ3v) is 5.49. The third kappa shape index (κ3) is 5.34. The molecule has 0 radical (unpaired) electrons. The molecular weight excluding hydrogens is 519 g/mol. The van der Waals surface area contributed by atoms with Gasteiger partial charge in [0.15, 0.2) is 17.8 Å². The van der Waals surface area contributed by atoms with Crippen molar-refractivity contribution in [2.24, 2.45) is 5.73 Å². The molecule has 1 atom stereocenters. The fraction of sp³-hybridized carbons (Fsp3) is 0.227. The summed E-state index contributed by atoms with van der Waals surface area (Å²) in [6, 6.07) is 12.5. The zero-order chi connectivity index (χ0) is 26.9. The molecule has 4 rings (SSSR count). The highest BCUT2D eigenvalue weighted by molar-refractivity contribution is 6.30. The number of nitrogens with two attached hydrogens (primary N) is 1. The number of aliphatic hydroxyl groups excluding tert-OH is 1. The second-order valence-electron chi connectivity index (χ2n) is 7.74. The molecule has 0 aliphatic rings. The molecule has 0 aliphatic heterocycles. The van der Waals surface area contributed by atoms with Gasteiger partial charge in [0.1, 0.15) is 18.0 Å². The van der Waals surface area contributed by atoms with E-state index in [0.29, 0.717) is 21.0 Å². The first-order valence-electron chi connectivity index (χ1n) is 10.6. The van der Waals surface area contributed by atoms with Gasteiger partial charge in [-0.15, -0.1) is 10.2 Å². The van der Waals surface area contributed by atoms with E-state index in [4.69, 9.17) is 22.1 Å². The number of nitrogens with zero attached hydrogens (tertiary/aromatic N) is 6. The van der Waals surface area contributed by atoms with E-state index < -0.39 is 37.0 Å². The number of rotatable bonds is 8. The van der Waals surface area contributed by atoms with Crippen molar-refractivity contribution in [3.8, 4) is 22.8 Å². The molecule has 37 heavy (non-hydrogen) atoms. The summed E-state index contributed by atoms with van der Waals surface area (Å²) in [5.41, 5.74) is 5.10. The number of para-hydroxylation sites is 2. The second-order valence-corrected chi connectivity index (χ2v) is 8.17. The number of ether oxygens (including phenoxy) is 1. The molecule has 194 valence electrons. The lowest BCUT2D eigenvalue weighted by Crippen LogP contribution is -2.37. The zero-order valence-electron chi connectivity index (χ0n) is 19.1. The lowest BCUT2D eigenvalue weighted by Gasteiger charge is -2.15. The first-order valence-corrected chi connectivity index (χ1v) is 10.9. The number of primary amides is 1. The summed E-state index contributed by atoms with van der Waals surface area (Å²) < 4.78 is 47.1. The number of alkyl halides is 3. The van der Waals surface area contributed by atoms with Gasteiger partial charge in [0, 0.05) is 10.6 Å². The van der Waals surface area contributed by atoms with Gasteiger partial charge in [0.05, 0.1) is 13.7 Å². The van der Waals surface area contributed by atoms with E-state index in [-0.39, 0.29) is 23.0 Å². The quantitative estimate of drug-likeness (QED) is 0.350. The molecule has 11 nitrogen and oxygen atoms in total. The Kier molecular flexibility index (Phi) is 7.05. The Labute approximate surface area is 211 Å². The largest absolute Gasteiger partial charge is 0.494 e. The topological polar surface area (TPSA) is 143 Å². The molecule has 0 spiro atoms. The van der Waals surface area contributed by atoms with Gasteiger partial charge in [-0.25, -0.2) is 19.1 Å². The van der Waals surface area contributed by atoms with Gasteiger partial charge in [-0.3, -0.25) is 9.36 Å². The number of hydrogen-bond donors (Lipinski definition) is 2. The van der Waals surface area contributed by atoms with Crippen molar-refractivity contribution in [1.29, 1.82) is 0 Å². The van der Waals surface area contributed by atoms with Gasteiger partial charge in [0.25, 0.3) is 5.91 Å². The minimum atomic E-state index is -4.97. The minimum Gasteiger partial charge on any atom is -0.494 e. The maximum Gasteiger partial charge on any atom is 0.416 e. The van der Waals surface area contributed by atoms with Crippen LogP contribution in [-0.2, 0) is 13.1 Å². The van der Waals surface area contributed by atoms with Crippen LogP contribution in [0, 0.1) is 0 Å². The van der Waals surface area contributed by atoms with Crippen LogP contribution < -0.4 is 16.2 Å². The minimum absolute atomic E-state index is 0.0783. The predicted octanol–water partition coefficient (Wildman–Crippen LogP) is 2.02. The number of carbonyl (C=O) groups is 1. The van der Waals surface area contributed by atoms with Gasteiger partial charge in [-0.2, -0.15) is 13.2 Å². The van der Waals surface area contributed by atoms with Crippen LogP contribution in [-0.4, -0.2) is 59.5 Å². The fourth-order valence-electron chi connectivity index (χ4n) is 3.49. The molecule has 1 amide bonds. The molecule has 0 saturated carbocycles. The van der Waals surface area contributed by atoms with Crippen molar-refractivity contribution in [1.82, 2.24) is 29.1 Å². The van der Waals surface area contributed by atoms with E-state index >= 15 is 0 Å². The lowest BCUT2D eigenvalue weighted by atomic mass is 10.2. The molecule has 0 fully saturated rings. The number of hydrogen-bond acceptors (Lipinski definition) is 7. The van der Waals surface area contributed by atoms with Crippen molar-refractivity contribution < 1.29 is 27.8 Å². The second kappa shape index (κ2) is 10.1. The normalized spacial score (nSPS) is 12.5. The fourth-order valence-corrected chi connectivity index (χ4v) is 3.61. The molecule has 0 bridgehead atoms. The molecule has 4 aromatic rings. The summed E-state index contributed by atoms with van der Waals surface area (Å²) in [7, 11) is 1.42. The van der Waals surface area contributed by atoms with Crippen LogP contribution in [0.2, 0.25) is 5.02 Å². The van der Waals surface area contributed by atoms with Crippen molar-refractivity contribution >= 4 is 17.5 Å². The Hall–Kier alpha value is -4.17. The smallest absolute Gasteiger partial charge is 0.416 e. The third-order valence-electron chi connectivity index (χ3n) is 5.23. The van der Waals surface area contributed by atoms with Crippen LogP contribution in [0.1, 0.15) is 16.4 Å². The molecular formula is C22H19ClF3N7O4. The van der Waals surface area contributed by atoms with Gasteiger partial charge in [-0.1, -0.05) is 23.7 Å². The van der Waals surface area contributed by atoms with Gasteiger partial charge < -0.3 is 15.6 Å². The molecule has 0 aliphatic carbocycles. The number of benzene rings is 2. The molecule has 15 heteroatoms. The molecule has 2 aromatic carbocycles. The van der Waals surface area contributed by atoms with Crippen LogP contribution >= 0.6 is 11.6 Å². The summed E-state index contributed by atoms with van der Waals surface area (Å²) in [4.78, 5) is 29.2. The van der Waals surface area contributed by atoms with Gasteiger partial charge in [0.2, 0.25) is 5.82 Å². The Morgan fingerprint density at radius 1 is 1.16 bits per heavy atom. The average molecular weight is 538 g/mol. The van der Waals surface area contributed by atoms with Gasteiger partial charge in [-0.05, 0) is 36.4 Å². The van der Waals surface area contributed by atoms with Crippen molar-refractivity contribution in [3.63, 3.8) is 0 Å². The monoisotopic (exact) mass is 537 g/mol. The number of methoxy groups -OCH3 is 1. The maximum atomic E-state index is 13.1. The Balaban J connectivity index is 1.79. The average Bonchev–Trinajstić information content (AvgIpc) is 3.41. The predicted molar refractivity (Wildman–Crippen MR) is 125 cm³/mol. The van der Waals surface area contributed by atoms with Crippen LogP contribution in [0.25, 0.3) is 17.1 Å². The summed E-state index contributed by atoms with van der Waals surface area (Å²) in [6.07, 6.45) is -7.79. The molecule has 2 heterocycles. The van der Waals surface area contributed by atoms with E-state index in [1.54, 1.807) is 24.3 Å². The summed E-state index contributed by atoms with van der Waals surface area (Å²) in [6.45, 7) is -1.52. The Morgan fingerprint density at radius 3 is 2.46 bits per heavy atom. The highest BCUT2D eigenvalue weighted by Gasteiger charge is 2.39. The van der Waals surface area contributed by atoms with Crippen LogP contribution in [0.5, 0.6) is 5.75 Å². The van der Waals surface area contributed by atoms with E-state index in [1.807, 2.05) is 0 Å². The molecule has 1 unspecified atom stereocenters. The standard InChI is InChI=1S/C22H19ClF3N7O4/c1-37-15-5-3-2-4-14(15)33-20(18(27)35)28-17(29-33)11-32-21(36)31(10-16(34)22(24,25)26)19(30-32)12-6-8-13(23)9-7-12/h2-9,16,34H,10-11H2,1H3,(H2,27,35). The summed E-state index contributed by atoms with van der Waals surface area (Å²) >= 11 is 5.89. The lowest BCUT2D eigenvalue weighted by molar-refractivity contribution is -0.207. The first kappa shape index (κ1) is 25.9. The van der Waals surface area contributed by atoms with Crippen LogP contribution in [0.4, 0.5) is 13.2 Å². The Morgan fingerprint density at radius 2 is 1.84 bits per heavy atom. The molecule has 3 N–H and O–H groups in total. The van der Waals surface area contributed by atoms with E-state index in [2.05, 4.69) is 15.2 Å². The van der Waals surface area contributed by atoms with Crippen molar-refractivity contribution in [3.05, 3.63) is 75.7 Å². The maximum absolute atomic E-state index is 13.1. The van der Waals surface area contributed by atoms with E-state index in [0.717, 1.165) is 9.36 Å². The highest BCUT2D eigenvalue weighted by Crippen LogP contribution is 2.25. The Bertz CT molecular complexity index is 1500. The van der Waals surface area contributed by atoms with Crippen molar-refractivity contribution in [2.75, 3.05) is 7.11 Å². The van der Waals surface area contributed by atoms with Crippen LogP contribution in [0.3, 0.4) is 0 Å². The number of aliphatic hydroxyl groups is 1. The number of amides is 1. The summed E-state index contributed by atoms with van der Waals surface area (Å²) in [5, 5.41) is 18.4. The van der Waals surface area contributed by atoms with Gasteiger partial charge >= 0.3 is 11.9 Å². The number of halogens is 4. The SMILES string of the molecule is COc1ccccc1-n1nc(Cn2nc(-c3ccc(Cl)cc3)n(CC(O)C(F)(F)F)c2=O)nc1C(N)=O. The summed E-state index contributed by atoms with van der Waals surface area (Å²) in [5.74, 6) is -1.06. The van der Waals surface area contributed by atoms with E-state index in [1.165, 1.54) is 31.4 Å². The highest BCUT2D eigenvalue weighted by atomic mass is 35.5. The van der Waals surface area contributed by atoms with Crippen LogP contribution in [0.15, 0.2) is 53.3 Å². The zero-order valence-corrected chi connectivity index (χ0v) is 19.8. The molecule has 0 saturated heterocycles. The van der Waals surface area contributed by atoms with Crippen molar-refractivity contribution in [2.45, 2.75) is 25.4 Å². The van der Waals surface area contributed by atoms with E-state index in [9.17, 15) is 27.9 Å².